The van der Waals surface area contributed by atoms with Crippen LogP contribution in [0, 0.1) is 11.8 Å². The topological polar surface area (TPSA) is 55.4 Å². The lowest BCUT2D eigenvalue weighted by molar-refractivity contribution is -0.348. The molecular formula is C57H102O6S2Si4. The summed E-state index contributed by atoms with van der Waals surface area (Å²) in [5, 5.41) is 2.59. The molecule has 0 aliphatic carbocycles. The Morgan fingerprint density at radius 1 is 0.696 bits per heavy atom. The SMILES string of the molecule is CC[Si](CC)(CC)O[C@H]1C[C@H](CCO[Si](c2ccccc2)(c2ccccc2)C(C)(C)C)O[C@@]2(C1)C[C@@](C)(O[Si](C)(C)C(C)(C)C)C[C@H](CC[C@@H](C)[C@H](O[Si](CC)(CC)CC)[C@H](C)C1SCCCS1)O2. The van der Waals surface area contributed by atoms with Gasteiger partial charge in [-0.15, -0.1) is 23.5 Å². The van der Waals surface area contributed by atoms with Gasteiger partial charge < -0.3 is 27.2 Å². The van der Waals surface area contributed by atoms with E-state index in [4.69, 9.17) is 27.2 Å². The van der Waals surface area contributed by atoms with Gasteiger partial charge in [-0.25, -0.2) is 0 Å². The molecule has 69 heavy (non-hydrogen) atoms. The molecule has 0 N–H and O–H groups in total. The molecule has 3 aliphatic rings. The molecular weight excluding hydrogens is 957 g/mol. The molecule has 0 unspecified atom stereocenters. The highest BCUT2D eigenvalue weighted by Crippen LogP contribution is 2.51. The first-order chi connectivity index (χ1) is 32.4. The second kappa shape index (κ2) is 25.1. The van der Waals surface area contributed by atoms with Crippen LogP contribution in [0.5, 0.6) is 0 Å². The van der Waals surface area contributed by atoms with E-state index in [0.717, 1.165) is 56.7 Å². The molecule has 12 heteroatoms. The van der Waals surface area contributed by atoms with E-state index < -0.39 is 44.7 Å². The largest absolute Gasteiger partial charge is 0.414 e. The maximum Gasteiger partial charge on any atom is 0.261 e. The molecule has 2 aromatic rings. The maximum absolute atomic E-state index is 7.67. The molecule has 0 saturated carbocycles. The van der Waals surface area contributed by atoms with Crippen LogP contribution in [0.3, 0.4) is 0 Å². The van der Waals surface area contributed by atoms with Gasteiger partial charge in [-0.3, -0.25) is 0 Å². The van der Waals surface area contributed by atoms with E-state index >= 15 is 0 Å². The summed E-state index contributed by atoms with van der Waals surface area (Å²) < 4.78 is 46.3. The van der Waals surface area contributed by atoms with Crippen molar-refractivity contribution in [3.63, 3.8) is 0 Å². The molecule has 8 atom stereocenters. The lowest BCUT2D eigenvalue weighted by Crippen LogP contribution is -2.66. The van der Waals surface area contributed by atoms with Crippen LogP contribution in [0.2, 0.25) is 59.4 Å². The van der Waals surface area contributed by atoms with Crippen LogP contribution in [0.25, 0.3) is 0 Å². The van der Waals surface area contributed by atoms with Crippen molar-refractivity contribution in [1.29, 1.82) is 0 Å². The second-order valence-electron chi connectivity index (χ2n) is 24.5. The second-order valence-corrected chi connectivity index (χ2v) is 45.8. The predicted octanol–water partition coefficient (Wildman–Crippen LogP) is 15.8. The number of ether oxygens (including phenoxy) is 2. The first kappa shape index (κ1) is 59.6. The molecule has 5 rings (SSSR count). The molecule has 394 valence electrons. The minimum absolute atomic E-state index is 0.00540. The Bertz CT molecular complexity index is 1760. The normalized spacial score (nSPS) is 26.2. The summed E-state index contributed by atoms with van der Waals surface area (Å²) in [6.07, 6.45) is 7.51. The molecule has 0 bridgehead atoms. The van der Waals surface area contributed by atoms with Gasteiger partial charge in [0.25, 0.3) is 8.32 Å². The molecule has 2 aromatic carbocycles. The average molecular weight is 1060 g/mol. The van der Waals surface area contributed by atoms with Gasteiger partial charge in [-0.1, -0.05) is 158 Å². The van der Waals surface area contributed by atoms with E-state index in [9.17, 15) is 0 Å². The van der Waals surface area contributed by atoms with Crippen LogP contribution >= 0.6 is 23.5 Å². The van der Waals surface area contributed by atoms with Crippen molar-refractivity contribution in [3.05, 3.63) is 60.7 Å². The summed E-state index contributed by atoms with van der Waals surface area (Å²) in [5.74, 6) is 2.61. The summed E-state index contributed by atoms with van der Waals surface area (Å²) in [4.78, 5) is 0. The highest BCUT2D eigenvalue weighted by molar-refractivity contribution is 8.17. The molecule has 0 amide bonds. The van der Waals surface area contributed by atoms with E-state index in [1.54, 1.807) is 0 Å². The van der Waals surface area contributed by atoms with Gasteiger partial charge in [0.1, 0.15) is 0 Å². The molecule has 3 heterocycles. The number of benzene rings is 2. The van der Waals surface area contributed by atoms with Crippen molar-refractivity contribution in [1.82, 2.24) is 0 Å². The lowest BCUT2D eigenvalue weighted by Gasteiger charge is -2.56. The van der Waals surface area contributed by atoms with Gasteiger partial charge in [0.05, 0.1) is 34.6 Å². The third-order valence-corrected chi connectivity index (χ3v) is 40.0. The maximum atomic E-state index is 7.67. The molecule has 6 nitrogen and oxygen atoms in total. The lowest BCUT2D eigenvalue weighted by atomic mass is 9.80. The average Bonchev–Trinajstić information content (AvgIpc) is 3.31. The van der Waals surface area contributed by atoms with Gasteiger partial charge in [0, 0.05) is 31.8 Å². The molecule has 0 aromatic heterocycles. The number of thioether (sulfide) groups is 2. The third kappa shape index (κ3) is 14.6. The van der Waals surface area contributed by atoms with E-state index in [-0.39, 0.29) is 34.5 Å². The van der Waals surface area contributed by atoms with Crippen molar-refractivity contribution in [2.24, 2.45) is 11.8 Å². The zero-order valence-corrected chi connectivity index (χ0v) is 52.7. The number of rotatable bonds is 24. The van der Waals surface area contributed by atoms with Crippen LogP contribution in [0.4, 0.5) is 0 Å². The first-order valence-corrected chi connectivity index (χ1v) is 39.8. The summed E-state index contributed by atoms with van der Waals surface area (Å²) >= 11 is 4.35. The fourth-order valence-corrected chi connectivity index (χ4v) is 27.5. The minimum atomic E-state index is -2.74. The van der Waals surface area contributed by atoms with Gasteiger partial charge in [0.15, 0.2) is 30.7 Å². The number of hydrogen-bond donors (Lipinski definition) is 0. The van der Waals surface area contributed by atoms with Crippen LogP contribution in [-0.4, -0.2) is 91.8 Å². The zero-order valence-electron chi connectivity index (χ0n) is 47.1. The first-order valence-electron chi connectivity index (χ1n) is 27.8. The molecule has 0 radical (unpaired) electrons. The summed E-state index contributed by atoms with van der Waals surface area (Å²) in [6.45, 7) is 41.4. The van der Waals surface area contributed by atoms with E-state index in [1.165, 1.54) is 46.4 Å². The molecule has 3 aliphatic heterocycles. The summed E-state index contributed by atoms with van der Waals surface area (Å²) in [7, 11) is -8.77. The molecule has 3 saturated heterocycles. The quantitative estimate of drug-likeness (QED) is 0.0964. The highest BCUT2D eigenvalue weighted by Gasteiger charge is 2.57. The van der Waals surface area contributed by atoms with Gasteiger partial charge in [-0.2, -0.15) is 0 Å². The summed E-state index contributed by atoms with van der Waals surface area (Å²) in [5.41, 5.74) is -0.408. The van der Waals surface area contributed by atoms with E-state index in [1.807, 2.05) is 0 Å². The standard InChI is InChI=1S/C57H102O6S2Si4/c1-18-67(19-2,20-3)61-49-41-47(37-38-58-69(55(12,13)14,50-31-26-24-27-32-50)51-33-28-25-29-34-51)59-57(43-49)44-56(15,63-66(16,17)54(9,10)11)42-48(60-57)36-35-45(7)52(62-68(21-4,22-5)23-6)46(8)53-64-39-30-40-65-53/h24-29,31-34,45-49,52-53H,18-23,30,35-44H2,1-17H3/t45-,46+,47+,48+,49+,52+,56+,57-/m1/s1. The van der Waals surface area contributed by atoms with Crippen LogP contribution < -0.4 is 10.4 Å². The fraction of sp³-hybridized carbons (Fsp3) is 0.789. The predicted molar refractivity (Wildman–Crippen MR) is 311 cm³/mol. The molecule has 1 spiro atoms. The number of hydrogen-bond acceptors (Lipinski definition) is 8. The van der Waals surface area contributed by atoms with Gasteiger partial charge >= 0.3 is 0 Å². The Morgan fingerprint density at radius 2 is 1.22 bits per heavy atom. The van der Waals surface area contributed by atoms with Crippen LogP contribution in [-0.2, 0) is 27.2 Å². The van der Waals surface area contributed by atoms with Gasteiger partial charge in [-0.05, 0) is 126 Å². The Kier molecular flexibility index (Phi) is 21.7. The van der Waals surface area contributed by atoms with Crippen LogP contribution in [0.15, 0.2) is 60.7 Å². The van der Waals surface area contributed by atoms with E-state index in [2.05, 4.69) is 201 Å². The Balaban J connectivity index is 1.51. The Labute approximate surface area is 437 Å². The Hall–Kier alpha value is -0.232. The van der Waals surface area contributed by atoms with Crippen LogP contribution in [0.1, 0.15) is 155 Å². The molecule has 3 fully saturated rings. The zero-order chi connectivity index (χ0) is 50.9. The highest BCUT2D eigenvalue weighted by atomic mass is 32.2. The van der Waals surface area contributed by atoms with Crippen molar-refractivity contribution in [3.8, 4) is 0 Å². The fourth-order valence-electron chi connectivity index (χ4n) is 12.2. The van der Waals surface area contributed by atoms with Crippen molar-refractivity contribution < 1.29 is 27.2 Å². The van der Waals surface area contributed by atoms with Crippen molar-refractivity contribution in [2.75, 3.05) is 18.1 Å². The monoisotopic (exact) mass is 1060 g/mol. The third-order valence-electron chi connectivity index (χ3n) is 17.6. The summed E-state index contributed by atoms with van der Waals surface area (Å²) in [6, 6.07) is 29.0. The van der Waals surface area contributed by atoms with E-state index in [0.29, 0.717) is 29.4 Å². The Morgan fingerprint density at radius 3 is 1.71 bits per heavy atom. The smallest absolute Gasteiger partial charge is 0.261 e. The van der Waals surface area contributed by atoms with Crippen molar-refractivity contribution >= 4 is 67.2 Å². The minimum Gasteiger partial charge on any atom is -0.414 e. The van der Waals surface area contributed by atoms with Gasteiger partial charge in [0.2, 0.25) is 0 Å². The van der Waals surface area contributed by atoms with Crippen molar-refractivity contribution in [2.45, 2.75) is 255 Å².